The van der Waals surface area contributed by atoms with Crippen LogP contribution in [0.4, 0.5) is 11.4 Å². The number of benzene rings is 1. The van der Waals surface area contributed by atoms with Gasteiger partial charge in [-0.25, -0.2) is 0 Å². The second-order valence-corrected chi connectivity index (χ2v) is 4.51. The molecule has 0 aliphatic rings. The normalized spacial score (nSPS) is 10.2. The molecule has 1 heterocycles. The first-order chi connectivity index (χ1) is 9.69. The van der Waals surface area contributed by atoms with E-state index in [1.165, 1.54) is 5.56 Å². The van der Waals surface area contributed by atoms with Crippen molar-refractivity contribution in [3.8, 4) is 0 Å². The molecule has 1 aromatic carbocycles. The fourth-order valence-electron chi connectivity index (χ4n) is 1.92. The number of carbonyl (C=O) groups excluding carboxylic acids is 1. The third kappa shape index (κ3) is 3.80. The minimum atomic E-state index is -0.537. The van der Waals surface area contributed by atoms with Gasteiger partial charge in [0.25, 0.3) is 5.91 Å². The van der Waals surface area contributed by atoms with E-state index in [2.05, 4.69) is 22.4 Å². The summed E-state index contributed by atoms with van der Waals surface area (Å²) in [7, 11) is 0. The summed E-state index contributed by atoms with van der Waals surface area (Å²) in [5, 5.41) is 3.24. The van der Waals surface area contributed by atoms with Crippen molar-refractivity contribution in [3.05, 3.63) is 53.9 Å². The van der Waals surface area contributed by atoms with Crippen LogP contribution < -0.4 is 16.8 Å². The zero-order chi connectivity index (χ0) is 14.4. The van der Waals surface area contributed by atoms with Crippen molar-refractivity contribution < 1.29 is 4.79 Å². The van der Waals surface area contributed by atoms with Gasteiger partial charge in [0.2, 0.25) is 0 Å². The van der Waals surface area contributed by atoms with Crippen molar-refractivity contribution in [3.63, 3.8) is 0 Å². The molecule has 5 heteroatoms. The molecule has 0 radical (unpaired) electrons. The number of amides is 1. The molecule has 0 aliphatic heterocycles. The van der Waals surface area contributed by atoms with E-state index in [-0.39, 0.29) is 5.69 Å². The Morgan fingerprint density at radius 2 is 2.00 bits per heavy atom. The fourth-order valence-corrected chi connectivity index (χ4v) is 1.92. The maximum absolute atomic E-state index is 11.1. The van der Waals surface area contributed by atoms with Crippen LogP contribution in [-0.4, -0.2) is 17.4 Å². The van der Waals surface area contributed by atoms with E-state index in [0.717, 1.165) is 24.2 Å². The molecule has 104 valence electrons. The zero-order valence-corrected chi connectivity index (χ0v) is 11.2. The fraction of sp³-hybridized carbons (Fsp3) is 0.200. The summed E-state index contributed by atoms with van der Waals surface area (Å²) in [4.78, 5) is 15.0. The molecule has 0 bridgehead atoms. The van der Waals surface area contributed by atoms with E-state index in [9.17, 15) is 4.79 Å². The van der Waals surface area contributed by atoms with Crippen molar-refractivity contribution >= 4 is 17.3 Å². The number of pyridine rings is 1. The summed E-state index contributed by atoms with van der Waals surface area (Å²) >= 11 is 0. The molecule has 0 unspecified atom stereocenters. The van der Waals surface area contributed by atoms with Gasteiger partial charge >= 0.3 is 0 Å². The summed E-state index contributed by atoms with van der Waals surface area (Å²) in [6.07, 6.45) is 3.47. The number of aromatic nitrogens is 1. The van der Waals surface area contributed by atoms with Crippen molar-refractivity contribution in [2.45, 2.75) is 12.8 Å². The SMILES string of the molecule is NCCCc1cccc(Nc2ccnc(C(N)=O)c2)c1. The topological polar surface area (TPSA) is 94.0 Å². The molecule has 5 nitrogen and oxygen atoms in total. The van der Waals surface area contributed by atoms with Crippen LogP contribution in [0, 0.1) is 0 Å². The van der Waals surface area contributed by atoms with Crippen molar-refractivity contribution in [1.82, 2.24) is 4.98 Å². The summed E-state index contributed by atoms with van der Waals surface area (Å²) in [6, 6.07) is 11.5. The average molecular weight is 270 g/mol. The molecule has 5 N–H and O–H groups in total. The minimum absolute atomic E-state index is 0.245. The lowest BCUT2D eigenvalue weighted by atomic mass is 10.1. The van der Waals surface area contributed by atoms with Gasteiger partial charge in [0.05, 0.1) is 0 Å². The number of hydrogen-bond donors (Lipinski definition) is 3. The van der Waals surface area contributed by atoms with Gasteiger partial charge in [-0.1, -0.05) is 12.1 Å². The van der Waals surface area contributed by atoms with Crippen LogP contribution >= 0.6 is 0 Å². The predicted octanol–water partition coefficient (Wildman–Crippen LogP) is 1.82. The number of primary amides is 1. The highest BCUT2D eigenvalue weighted by Gasteiger charge is 2.03. The van der Waals surface area contributed by atoms with Crippen molar-refractivity contribution in [1.29, 1.82) is 0 Å². The standard InChI is InChI=1S/C15H18N4O/c16-7-2-4-11-3-1-5-12(9-11)19-13-6-8-18-14(10-13)15(17)20/h1,3,5-6,8-10H,2,4,7,16H2,(H2,17,20)(H,18,19). The highest BCUT2D eigenvalue weighted by Crippen LogP contribution is 2.18. The smallest absolute Gasteiger partial charge is 0.267 e. The number of carbonyl (C=O) groups is 1. The summed E-state index contributed by atoms with van der Waals surface area (Å²) in [5.74, 6) is -0.537. The van der Waals surface area contributed by atoms with Gasteiger partial charge in [0.15, 0.2) is 0 Å². The highest BCUT2D eigenvalue weighted by molar-refractivity contribution is 5.91. The van der Waals surface area contributed by atoms with Crippen molar-refractivity contribution in [2.24, 2.45) is 11.5 Å². The molecular weight excluding hydrogens is 252 g/mol. The lowest BCUT2D eigenvalue weighted by molar-refractivity contribution is 0.0995. The Morgan fingerprint density at radius 1 is 1.20 bits per heavy atom. The predicted molar refractivity (Wildman–Crippen MR) is 79.9 cm³/mol. The minimum Gasteiger partial charge on any atom is -0.364 e. The third-order valence-electron chi connectivity index (χ3n) is 2.90. The Morgan fingerprint density at radius 3 is 2.75 bits per heavy atom. The van der Waals surface area contributed by atoms with Crippen LogP contribution in [0.15, 0.2) is 42.6 Å². The molecule has 0 spiro atoms. The molecule has 2 rings (SSSR count). The number of nitrogens with two attached hydrogens (primary N) is 2. The van der Waals surface area contributed by atoms with Crippen molar-refractivity contribution in [2.75, 3.05) is 11.9 Å². The lowest BCUT2D eigenvalue weighted by Crippen LogP contribution is -2.12. The molecule has 0 saturated carbocycles. The van der Waals surface area contributed by atoms with E-state index < -0.39 is 5.91 Å². The summed E-state index contributed by atoms with van der Waals surface area (Å²) in [6.45, 7) is 0.685. The maximum atomic E-state index is 11.1. The first kappa shape index (κ1) is 14.0. The quantitative estimate of drug-likeness (QED) is 0.746. The number of rotatable bonds is 6. The number of nitrogens with zero attached hydrogens (tertiary/aromatic N) is 1. The highest BCUT2D eigenvalue weighted by atomic mass is 16.1. The summed E-state index contributed by atoms with van der Waals surface area (Å²) < 4.78 is 0. The van der Waals surface area contributed by atoms with Crippen LogP contribution in [-0.2, 0) is 6.42 Å². The average Bonchev–Trinajstić information content (AvgIpc) is 2.46. The molecule has 0 aliphatic carbocycles. The molecule has 20 heavy (non-hydrogen) atoms. The monoisotopic (exact) mass is 270 g/mol. The molecule has 1 amide bonds. The number of hydrogen-bond acceptors (Lipinski definition) is 4. The van der Waals surface area contributed by atoms with E-state index in [0.29, 0.717) is 6.54 Å². The van der Waals surface area contributed by atoms with E-state index in [1.54, 1.807) is 18.3 Å². The number of aryl methyl sites for hydroxylation is 1. The van der Waals surface area contributed by atoms with Gasteiger partial charge in [0.1, 0.15) is 5.69 Å². The van der Waals surface area contributed by atoms with Gasteiger partial charge in [0, 0.05) is 17.6 Å². The Balaban J connectivity index is 2.13. The Bertz CT molecular complexity index is 598. The van der Waals surface area contributed by atoms with Gasteiger partial charge in [-0.3, -0.25) is 9.78 Å². The Kier molecular flexibility index (Phi) is 4.68. The maximum Gasteiger partial charge on any atom is 0.267 e. The third-order valence-corrected chi connectivity index (χ3v) is 2.90. The van der Waals surface area contributed by atoms with Crippen LogP contribution in [0.3, 0.4) is 0 Å². The Hall–Kier alpha value is -2.40. The molecule has 1 aromatic heterocycles. The molecule has 2 aromatic rings. The Labute approximate surface area is 118 Å². The molecule has 0 fully saturated rings. The summed E-state index contributed by atoms with van der Waals surface area (Å²) in [5.41, 5.74) is 13.9. The number of anilines is 2. The zero-order valence-electron chi connectivity index (χ0n) is 11.2. The van der Waals surface area contributed by atoms with Crippen LogP contribution in [0.1, 0.15) is 22.5 Å². The second-order valence-electron chi connectivity index (χ2n) is 4.51. The second kappa shape index (κ2) is 6.68. The van der Waals surface area contributed by atoms with E-state index in [1.807, 2.05) is 12.1 Å². The lowest BCUT2D eigenvalue weighted by Gasteiger charge is -2.09. The van der Waals surface area contributed by atoms with Gasteiger partial charge in [-0.15, -0.1) is 0 Å². The number of nitrogens with one attached hydrogen (secondary N) is 1. The molecule has 0 atom stereocenters. The van der Waals surface area contributed by atoms with E-state index >= 15 is 0 Å². The van der Waals surface area contributed by atoms with E-state index in [4.69, 9.17) is 11.5 Å². The first-order valence-corrected chi connectivity index (χ1v) is 6.51. The van der Waals surface area contributed by atoms with Crippen LogP contribution in [0.25, 0.3) is 0 Å². The van der Waals surface area contributed by atoms with Gasteiger partial charge in [-0.05, 0) is 49.2 Å². The van der Waals surface area contributed by atoms with Gasteiger partial charge < -0.3 is 16.8 Å². The molecular formula is C15H18N4O. The largest absolute Gasteiger partial charge is 0.364 e. The van der Waals surface area contributed by atoms with Gasteiger partial charge in [-0.2, -0.15) is 0 Å². The first-order valence-electron chi connectivity index (χ1n) is 6.51. The van der Waals surface area contributed by atoms with Crippen LogP contribution in [0.5, 0.6) is 0 Å². The molecule has 0 saturated heterocycles. The van der Waals surface area contributed by atoms with Crippen LogP contribution in [0.2, 0.25) is 0 Å².